The summed E-state index contributed by atoms with van der Waals surface area (Å²) in [5.74, 6) is 0.871. The van der Waals surface area contributed by atoms with Gasteiger partial charge in [0.15, 0.2) is 5.58 Å². The number of furan rings is 1. The Hall–Kier alpha value is -2.41. The topological polar surface area (TPSA) is 78.7 Å². The number of aromatic nitrogens is 1. The number of pyridine rings is 1. The zero-order valence-electron chi connectivity index (χ0n) is 14.5. The Morgan fingerprint density at radius 3 is 2.96 bits per heavy atom. The second kappa shape index (κ2) is 6.15. The molecule has 2 amide bonds. The third-order valence-corrected chi connectivity index (χ3v) is 5.23. The number of hydrogen-bond acceptors (Lipinski definition) is 5. The molecule has 1 N–H and O–H groups in total. The SMILES string of the molecule is CC(=O)N(C)c1cc2cc(C(=O)N[C@@H]3C[C@@H]4CCN(C4)C3)ncc2o1. The van der Waals surface area contributed by atoms with Crippen LogP contribution in [-0.2, 0) is 4.79 Å². The molecule has 2 aliphatic heterocycles. The monoisotopic (exact) mass is 342 g/mol. The molecular weight excluding hydrogens is 320 g/mol. The van der Waals surface area contributed by atoms with E-state index in [4.69, 9.17) is 4.42 Å². The first-order valence-electron chi connectivity index (χ1n) is 8.66. The van der Waals surface area contributed by atoms with Crippen molar-refractivity contribution >= 4 is 28.7 Å². The van der Waals surface area contributed by atoms with Crippen LogP contribution in [0.25, 0.3) is 11.0 Å². The molecule has 2 aromatic heterocycles. The summed E-state index contributed by atoms with van der Waals surface area (Å²) >= 11 is 0. The smallest absolute Gasteiger partial charge is 0.270 e. The van der Waals surface area contributed by atoms with Crippen molar-refractivity contribution < 1.29 is 14.0 Å². The van der Waals surface area contributed by atoms with E-state index >= 15 is 0 Å². The fourth-order valence-electron chi connectivity index (χ4n) is 3.80. The van der Waals surface area contributed by atoms with Gasteiger partial charge in [-0.15, -0.1) is 0 Å². The van der Waals surface area contributed by atoms with Crippen molar-refractivity contribution in [3.8, 4) is 0 Å². The highest BCUT2D eigenvalue weighted by atomic mass is 16.4. The van der Waals surface area contributed by atoms with Gasteiger partial charge in [-0.3, -0.25) is 14.5 Å². The van der Waals surface area contributed by atoms with Crippen LogP contribution in [0.1, 0.15) is 30.3 Å². The van der Waals surface area contributed by atoms with Crippen LogP contribution in [-0.4, -0.2) is 54.4 Å². The highest BCUT2D eigenvalue weighted by molar-refractivity contribution is 5.97. The number of piperidine rings is 1. The minimum Gasteiger partial charge on any atom is -0.438 e. The van der Waals surface area contributed by atoms with Crippen LogP contribution in [0.2, 0.25) is 0 Å². The number of hydrogen-bond donors (Lipinski definition) is 1. The van der Waals surface area contributed by atoms with E-state index < -0.39 is 0 Å². The molecule has 0 saturated carbocycles. The van der Waals surface area contributed by atoms with Crippen molar-refractivity contribution in [3.05, 3.63) is 24.0 Å². The molecular formula is C18H22N4O3. The van der Waals surface area contributed by atoms with Gasteiger partial charge < -0.3 is 14.6 Å². The zero-order chi connectivity index (χ0) is 17.6. The fraction of sp³-hybridized carbons (Fsp3) is 0.500. The van der Waals surface area contributed by atoms with E-state index in [2.05, 4.69) is 15.2 Å². The molecule has 7 nitrogen and oxygen atoms in total. The van der Waals surface area contributed by atoms with Gasteiger partial charge in [0, 0.05) is 44.6 Å². The molecule has 2 aliphatic rings. The van der Waals surface area contributed by atoms with Crippen LogP contribution in [0.5, 0.6) is 0 Å². The van der Waals surface area contributed by atoms with Crippen molar-refractivity contribution in [2.75, 3.05) is 31.6 Å². The summed E-state index contributed by atoms with van der Waals surface area (Å²) in [5.41, 5.74) is 0.930. The number of amides is 2. The second-order valence-electron chi connectivity index (χ2n) is 7.09. The molecule has 0 radical (unpaired) electrons. The molecule has 4 heterocycles. The number of anilines is 1. The largest absolute Gasteiger partial charge is 0.438 e. The Bertz CT molecular complexity index is 819. The first kappa shape index (κ1) is 16.1. The van der Waals surface area contributed by atoms with Gasteiger partial charge in [0.05, 0.1) is 6.20 Å². The summed E-state index contributed by atoms with van der Waals surface area (Å²) in [7, 11) is 1.65. The number of rotatable bonds is 3. The first-order chi connectivity index (χ1) is 12.0. The summed E-state index contributed by atoms with van der Waals surface area (Å²) < 4.78 is 5.62. The maximum atomic E-state index is 12.6. The van der Waals surface area contributed by atoms with E-state index in [1.165, 1.54) is 24.4 Å². The number of nitrogens with one attached hydrogen (secondary N) is 1. The lowest BCUT2D eigenvalue weighted by Crippen LogP contribution is -2.47. The maximum Gasteiger partial charge on any atom is 0.270 e. The van der Waals surface area contributed by atoms with Crippen LogP contribution in [0.15, 0.2) is 22.7 Å². The van der Waals surface area contributed by atoms with Crippen molar-refractivity contribution in [3.63, 3.8) is 0 Å². The molecule has 0 aromatic carbocycles. The van der Waals surface area contributed by atoms with Gasteiger partial charge in [-0.05, 0) is 31.4 Å². The summed E-state index contributed by atoms with van der Waals surface area (Å²) in [6.07, 6.45) is 3.82. The highest BCUT2D eigenvalue weighted by Crippen LogP contribution is 2.28. The Morgan fingerprint density at radius 2 is 2.20 bits per heavy atom. The minimum atomic E-state index is -0.155. The molecule has 4 rings (SSSR count). The Kier molecular flexibility index (Phi) is 3.95. The molecule has 7 heteroatoms. The van der Waals surface area contributed by atoms with Crippen LogP contribution < -0.4 is 10.2 Å². The van der Waals surface area contributed by atoms with Crippen LogP contribution in [0.4, 0.5) is 5.88 Å². The van der Waals surface area contributed by atoms with Crippen molar-refractivity contribution in [1.29, 1.82) is 0 Å². The van der Waals surface area contributed by atoms with E-state index in [0.717, 1.165) is 31.4 Å². The van der Waals surface area contributed by atoms with Crippen LogP contribution in [0, 0.1) is 5.92 Å². The average molecular weight is 342 g/mol. The van der Waals surface area contributed by atoms with E-state index in [1.807, 2.05) is 0 Å². The van der Waals surface area contributed by atoms with Gasteiger partial charge in [0.1, 0.15) is 5.69 Å². The minimum absolute atomic E-state index is 0.119. The molecule has 0 aliphatic carbocycles. The zero-order valence-corrected chi connectivity index (χ0v) is 14.5. The van der Waals surface area contributed by atoms with E-state index in [9.17, 15) is 9.59 Å². The third-order valence-electron chi connectivity index (χ3n) is 5.23. The second-order valence-corrected chi connectivity index (χ2v) is 7.09. The summed E-state index contributed by atoms with van der Waals surface area (Å²) in [4.78, 5) is 32.1. The van der Waals surface area contributed by atoms with Gasteiger partial charge in [0.25, 0.3) is 5.91 Å². The predicted octanol–water partition coefficient (Wildman–Crippen LogP) is 1.63. The maximum absolute atomic E-state index is 12.6. The third kappa shape index (κ3) is 3.11. The summed E-state index contributed by atoms with van der Waals surface area (Å²) in [6.45, 7) is 4.70. The quantitative estimate of drug-likeness (QED) is 0.917. The molecule has 0 spiro atoms. The van der Waals surface area contributed by atoms with Crippen LogP contribution in [0.3, 0.4) is 0 Å². The molecule has 25 heavy (non-hydrogen) atoms. The number of nitrogens with zero attached hydrogens (tertiary/aromatic N) is 3. The van der Waals surface area contributed by atoms with E-state index in [0.29, 0.717) is 23.1 Å². The fourth-order valence-corrected chi connectivity index (χ4v) is 3.80. The lowest BCUT2D eigenvalue weighted by atomic mass is 9.97. The molecule has 2 fully saturated rings. The molecule has 2 saturated heterocycles. The first-order valence-corrected chi connectivity index (χ1v) is 8.66. The van der Waals surface area contributed by atoms with E-state index in [-0.39, 0.29) is 17.9 Å². The average Bonchev–Trinajstić information content (AvgIpc) is 3.16. The summed E-state index contributed by atoms with van der Waals surface area (Å²) in [6, 6.07) is 3.65. The highest BCUT2D eigenvalue weighted by Gasteiger charge is 2.33. The molecule has 2 aromatic rings. The lowest BCUT2D eigenvalue weighted by Gasteiger charge is -2.30. The standard InChI is InChI=1S/C18H22N4O3/c1-11(23)21(2)17-7-13-6-15(19-8-16(13)25-17)18(24)20-14-5-12-3-4-22(9-12)10-14/h6-8,12,14H,3-5,9-10H2,1-2H3,(H,20,24)/t12-,14+/m0/s1. The van der Waals surface area contributed by atoms with Gasteiger partial charge in [-0.1, -0.05) is 0 Å². The number of carbonyl (C=O) groups is 2. The van der Waals surface area contributed by atoms with Gasteiger partial charge in [0.2, 0.25) is 11.8 Å². The Morgan fingerprint density at radius 1 is 1.36 bits per heavy atom. The molecule has 132 valence electrons. The Labute approximate surface area is 146 Å². The number of fused-ring (bicyclic) bond motifs is 3. The van der Waals surface area contributed by atoms with Crippen molar-refractivity contribution in [1.82, 2.24) is 15.2 Å². The van der Waals surface area contributed by atoms with Crippen molar-refractivity contribution in [2.24, 2.45) is 5.92 Å². The predicted molar refractivity (Wildman–Crippen MR) is 93.5 cm³/mol. The van der Waals surface area contributed by atoms with Gasteiger partial charge in [-0.25, -0.2) is 4.98 Å². The van der Waals surface area contributed by atoms with Gasteiger partial charge in [-0.2, -0.15) is 0 Å². The van der Waals surface area contributed by atoms with Crippen LogP contribution >= 0.6 is 0 Å². The van der Waals surface area contributed by atoms with Gasteiger partial charge >= 0.3 is 0 Å². The summed E-state index contributed by atoms with van der Waals surface area (Å²) in [5, 5.41) is 3.87. The molecule has 3 atom stereocenters. The number of carbonyl (C=O) groups excluding carboxylic acids is 2. The lowest BCUT2D eigenvalue weighted by molar-refractivity contribution is -0.116. The van der Waals surface area contributed by atoms with Crippen molar-refractivity contribution in [2.45, 2.75) is 25.8 Å². The Balaban J connectivity index is 1.50. The molecule has 2 bridgehead atoms. The van der Waals surface area contributed by atoms with E-state index in [1.54, 1.807) is 19.2 Å². The normalized spacial score (nSPS) is 25.1. The molecule has 1 unspecified atom stereocenters.